The number of anilines is 2. The topological polar surface area (TPSA) is 76.7 Å². The highest BCUT2D eigenvalue weighted by Crippen LogP contribution is 2.16. The van der Waals surface area contributed by atoms with Gasteiger partial charge in [0.1, 0.15) is 0 Å². The van der Waals surface area contributed by atoms with E-state index in [-0.39, 0.29) is 12.3 Å². The monoisotopic (exact) mass is 288 g/mol. The van der Waals surface area contributed by atoms with Crippen molar-refractivity contribution in [2.75, 3.05) is 30.5 Å². The van der Waals surface area contributed by atoms with E-state index in [0.29, 0.717) is 5.69 Å². The fourth-order valence-electron chi connectivity index (χ4n) is 1.68. The summed E-state index contributed by atoms with van der Waals surface area (Å²) in [6, 6.07) is 6.90. The summed E-state index contributed by atoms with van der Waals surface area (Å²) in [6.45, 7) is 1.93. The summed E-state index contributed by atoms with van der Waals surface area (Å²) >= 11 is 0. The first-order valence-corrected chi connectivity index (χ1v) is 7.65. The van der Waals surface area contributed by atoms with Gasteiger partial charge in [0.15, 0.2) is 6.29 Å². The number of sulfonamides is 1. The van der Waals surface area contributed by atoms with Gasteiger partial charge in [0, 0.05) is 25.6 Å². The molecule has 0 bridgehead atoms. The number of methoxy groups -OCH3 is 2. The summed E-state index contributed by atoms with van der Waals surface area (Å²) in [6.07, 6.45) is 0.761. The Morgan fingerprint density at radius 1 is 1.05 bits per heavy atom. The second kappa shape index (κ2) is 6.74. The largest absolute Gasteiger partial charge is 0.377 e. The van der Waals surface area contributed by atoms with E-state index in [1.54, 1.807) is 38.5 Å². The summed E-state index contributed by atoms with van der Waals surface area (Å²) in [5, 5.41) is 3.21. The Balaban J connectivity index is 2.67. The molecule has 0 amide bonds. The van der Waals surface area contributed by atoms with Crippen molar-refractivity contribution >= 4 is 21.4 Å². The Hall–Kier alpha value is -1.31. The fourth-order valence-corrected chi connectivity index (χ4v) is 2.25. The van der Waals surface area contributed by atoms with Gasteiger partial charge in [0.25, 0.3) is 0 Å². The molecule has 108 valence electrons. The van der Waals surface area contributed by atoms with Crippen molar-refractivity contribution < 1.29 is 17.9 Å². The highest BCUT2D eigenvalue weighted by Gasteiger charge is 2.15. The molecule has 1 rings (SSSR count). The Morgan fingerprint density at radius 3 is 1.95 bits per heavy atom. The number of benzene rings is 1. The van der Waals surface area contributed by atoms with Crippen LogP contribution in [0.25, 0.3) is 0 Å². The van der Waals surface area contributed by atoms with Gasteiger partial charge in [-0.1, -0.05) is 0 Å². The van der Waals surface area contributed by atoms with Gasteiger partial charge >= 0.3 is 0 Å². The minimum atomic E-state index is -3.24. The van der Waals surface area contributed by atoms with Crippen molar-refractivity contribution in [3.8, 4) is 0 Å². The van der Waals surface area contributed by atoms with E-state index in [4.69, 9.17) is 9.47 Å². The van der Waals surface area contributed by atoms with E-state index in [1.165, 1.54) is 0 Å². The SMILES string of the molecule is COC(OC)C(C)Nc1ccc(NS(C)(=O)=O)cc1. The van der Waals surface area contributed by atoms with Crippen LogP contribution in [0.2, 0.25) is 0 Å². The minimum absolute atomic E-state index is 0.0382. The van der Waals surface area contributed by atoms with Gasteiger partial charge in [0.05, 0.1) is 12.3 Å². The Morgan fingerprint density at radius 2 is 1.53 bits per heavy atom. The van der Waals surface area contributed by atoms with Crippen molar-refractivity contribution in [3.05, 3.63) is 24.3 Å². The smallest absolute Gasteiger partial charge is 0.229 e. The third-order valence-corrected chi connectivity index (χ3v) is 3.06. The van der Waals surface area contributed by atoms with Crippen LogP contribution in [0.4, 0.5) is 11.4 Å². The predicted molar refractivity (Wildman–Crippen MR) is 75.8 cm³/mol. The van der Waals surface area contributed by atoms with E-state index < -0.39 is 10.0 Å². The molecule has 1 aromatic rings. The van der Waals surface area contributed by atoms with E-state index in [2.05, 4.69) is 10.0 Å². The number of hydrogen-bond donors (Lipinski definition) is 2. The molecule has 0 fully saturated rings. The number of hydrogen-bond acceptors (Lipinski definition) is 5. The van der Waals surface area contributed by atoms with Gasteiger partial charge in [-0.15, -0.1) is 0 Å². The number of ether oxygens (including phenoxy) is 2. The lowest BCUT2D eigenvalue weighted by Crippen LogP contribution is -2.33. The van der Waals surface area contributed by atoms with Crippen LogP contribution >= 0.6 is 0 Å². The first kappa shape index (κ1) is 15.7. The normalized spacial score (nSPS) is 13.3. The van der Waals surface area contributed by atoms with Crippen LogP contribution in [0.3, 0.4) is 0 Å². The molecule has 0 saturated carbocycles. The van der Waals surface area contributed by atoms with E-state index in [0.717, 1.165) is 11.9 Å². The summed E-state index contributed by atoms with van der Waals surface area (Å²) in [7, 11) is -0.0951. The number of nitrogens with one attached hydrogen (secondary N) is 2. The molecule has 1 atom stereocenters. The van der Waals surface area contributed by atoms with Crippen LogP contribution in [-0.4, -0.2) is 41.2 Å². The number of rotatable bonds is 7. The highest BCUT2D eigenvalue weighted by atomic mass is 32.2. The quantitative estimate of drug-likeness (QED) is 0.743. The van der Waals surface area contributed by atoms with Crippen LogP contribution < -0.4 is 10.0 Å². The first-order chi connectivity index (χ1) is 8.85. The van der Waals surface area contributed by atoms with Gasteiger partial charge in [-0.3, -0.25) is 4.72 Å². The molecular weight excluding hydrogens is 268 g/mol. The Kier molecular flexibility index (Phi) is 5.59. The predicted octanol–water partition coefficient (Wildman–Crippen LogP) is 1.48. The second-order valence-corrected chi connectivity index (χ2v) is 5.97. The summed E-state index contributed by atoms with van der Waals surface area (Å²) in [5.74, 6) is 0. The molecule has 0 spiro atoms. The molecule has 0 radical (unpaired) electrons. The van der Waals surface area contributed by atoms with Crippen molar-refractivity contribution in [1.29, 1.82) is 0 Å². The molecular formula is C12H20N2O4S. The van der Waals surface area contributed by atoms with E-state index >= 15 is 0 Å². The maximum absolute atomic E-state index is 11.1. The molecule has 0 aliphatic rings. The Labute approximate surface area is 114 Å². The van der Waals surface area contributed by atoms with Gasteiger partial charge in [0.2, 0.25) is 10.0 Å². The molecule has 0 aromatic heterocycles. The average molecular weight is 288 g/mol. The zero-order valence-corrected chi connectivity index (χ0v) is 12.3. The molecule has 0 heterocycles. The molecule has 19 heavy (non-hydrogen) atoms. The highest BCUT2D eigenvalue weighted by molar-refractivity contribution is 7.92. The van der Waals surface area contributed by atoms with Crippen LogP contribution in [0.1, 0.15) is 6.92 Å². The zero-order chi connectivity index (χ0) is 14.5. The third kappa shape index (κ3) is 5.46. The lowest BCUT2D eigenvalue weighted by atomic mass is 10.2. The minimum Gasteiger partial charge on any atom is -0.377 e. The fraction of sp³-hybridized carbons (Fsp3) is 0.500. The van der Waals surface area contributed by atoms with Crippen LogP contribution in [-0.2, 0) is 19.5 Å². The molecule has 7 heteroatoms. The first-order valence-electron chi connectivity index (χ1n) is 5.75. The van der Waals surface area contributed by atoms with E-state index in [1.807, 2.05) is 6.92 Å². The summed E-state index contributed by atoms with van der Waals surface area (Å²) < 4.78 is 34.8. The molecule has 6 nitrogen and oxygen atoms in total. The summed E-state index contributed by atoms with van der Waals surface area (Å²) in [5.41, 5.74) is 1.38. The van der Waals surface area contributed by atoms with Gasteiger partial charge in [-0.05, 0) is 31.2 Å². The maximum Gasteiger partial charge on any atom is 0.229 e. The van der Waals surface area contributed by atoms with Gasteiger partial charge in [-0.25, -0.2) is 8.42 Å². The van der Waals surface area contributed by atoms with Gasteiger partial charge in [-0.2, -0.15) is 0 Å². The lowest BCUT2D eigenvalue weighted by Gasteiger charge is -2.23. The molecule has 0 aliphatic heterocycles. The molecule has 1 unspecified atom stereocenters. The van der Waals surface area contributed by atoms with Crippen molar-refractivity contribution in [1.82, 2.24) is 0 Å². The standard InChI is InChI=1S/C12H20N2O4S/c1-9(12(17-2)18-3)13-10-5-7-11(8-6-10)14-19(4,15)16/h5-9,12-14H,1-4H3. The van der Waals surface area contributed by atoms with Crippen molar-refractivity contribution in [2.24, 2.45) is 0 Å². The molecule has 0 saturated heterocycles. The van der Waals surface area contributed by atoms with E-state index in [9.17, 15) is 8.42 Å². The molecule has 1 aromatic carbocycles. The lowest BCUT2D eigenvalue weighted by molar-refractivity contribution is -0.109. The zero-order valence-electron chi connectivity index (χ0n) is 11.5. The van der Waals surface area contributed by atoms with Gasteiger partial charge < -0.3 is 14.8 Å². The average Bonchev–Trinajstić information content (AvgIpc) is 2.31. The van der Waals surface area contributed by atoms with Crippen LogP contribution in [0, 0.1) is 0 Å². The summed E-state index contributed by atoms with van der Waals surface area (Å²) in [4.78, 5) is 0. The Bertz CT molecular complexity index is 483. The van der Waals surface area contributed by atoms with Crippen LogP contribution in [0.5, 0.6) is 0 Å². The van der Waals surface area contributed by atoms with Crippen molar-refractivity contribution in [3.63, 3.8) is 0 Å². The van der Waals surface area contributed by atoms with Crippen molar-refractivity contribution in [2.45, 2.75) is 19.3 Å². The molecule has 0 aliphatic carbocycles. The molecule has 2 N–H and O–H groups in total. The third-order valence-electron chi connectivity index (χ3n) is 2.46. The van der Waals surface area contributed by atoms with Crippen LogP contribution in [0.15, 0.2) is 24.3 Å². The maximum atomic E-state index is 11.1. The second-order valence-electron chi connectivity index (χ2n) is 4.22.